The van der Waals surface area contributed by atoms with Crippen molar-refractivity contribution in [2.24, 2.45) is 0 Å². The molecule has 0 aliphatic carbocycles. The van der Waals surface area contributed by atoms with Crippen molar-refractivity contribution in [1.29, 1.82) is 0 Å². The molecule has 0 aliphatic rings. The Balaban J connectivity index is 2.98. The van der Waals surface area contributed by atoms with Crippen molar-refractivity contribution in [1.82, 2.24) is 0 Å². The van der Waals surface area contributed by atoms with Crippen LogP contribution in [0.25, 0.3) is 0 Å². The van der Waals surface area contributed by atoms with Crippen molar-refractivity contribution in [3.05, 3.63) is 30.3 Å². The van der Waals surface area contributed by atoms with Gasteiger partial charge in [0.15, 0.2) is 4.90 Å². The van der Waals surface area contributed by atoms with Crippen molar-refractivity contribution in [2.45, 2.75) is 4.90 Å². The summed E-state index contributed by atoms with van der Waals surface area (Å²) in [5.74, 6) is 0. The van der Waals surface area contributed by atoms with E-state index >= 15 is 0 Å². The van der Waals surface area contributed by atoms with Crippen molar-refractivity contribution in [2.75, 3.05) is 0 Å². The molecule has 0 aromatic heterocycles. The van der Waals surface area contributed by atoms with Gasteiger partial charge in [0.05, 0.1) is 0 Å². The van der Waals surface area contributed by atoms with E-state index in [1.54, 1.807) is 24.3 Å². The van der Waals surface area contributed by atoms with Crippen LogP contribution in [0.2, 0.25) is 0 Å². The summed E-state index contributed by atoms with van der Waals surface area (Å²) >= 11 is -2.15. The lowest BCUT2D eigenvalue weighted by Crippen LogP contribution is -1.83. The highest BCUT2D eigenvalue weighted by Gasteiger charge is 2.00. The fourth-order valence-electron chi connectivity index (χ4n) is 0.556. The molecule has 1 unspecified atom stereocenters. The first kappa shape index (κ1) is 6.45. The minimum Gasteiger partial charge on any atom is -0.184 e. The maximum Gasteiger partial charge on any atom is 0.235 e. The molecule has 1 N–H and O–H groups in total. The Labute approximate surface area is 55.8 Å². The molecule has 0 aliphatic heterocycles. The summed E-state index contributed by atoms with van der Waals surface area (Å²) in [6, 6.07) is 8.53. The summed E-state index contributed by atoms with van der Waals surface area (Å²) < 4.78 is 18.9. The molecule has 0 saturated carbocycles. The molecule has 0 amide bonds. The van der Waals surface area contributed by atoms with Gasteiger partial charge in [-0.2, -0.15) is 4.55 Å². The lowest BCUT2D eigenvalue weighted by Gasteiger charge is -1.82. The monoisotopic (exact) mass is 143 g/mol. The lowest BCUT2D eigenvalue weighted by atomic mass is 10.4. The third-order valence-electron chi connectivity index (χ3n) is 0.977. The first-order valence-electron chi connectivity index (χ1n) is 2.52. The highest BCUT2D eigenvalue weighted by atomic mass is 32.2. The van der Waals surface area contributed by atoms with Crippen LogP contribution >= 0.6 is 0 Å². The highest BCUT2D eigenvalue weighted by Crippen LogP contribution is 2.01. The molecule has 0 radical (unpaired) electrons. The summed E-state index contributed by atoms with van der Waals surface area (Å²) in [7, 11) is 0. The van der Waals surface area contributed by atoms with Crippen LogP contribution in [0.4, 0.5) is 0 Å². The van der Waals surface area contributed by atoms with Gasteiger partial charge in [-0.05, 0) is 12.1 Å². The average molecular weight is 143 g/mol. The molecule has 3 heteroatoms. The van der Waals surface area contributed by atoms with Crippen molar-refractivity contribution in [3.63, 3.8) is 0 Å². The molecule has 1 rings (SSSR count). The molecular formula is C6H7O2S+. The van der Waals surface area contributed by atoms with E-state index in [0.717, 1.165) is 0 Å². The standard InChI is InChI=1S/C6H6O2S/c7-9(8)6-4-2-1-3-5-6/h1-5H,(H,7,8)/p+1. The fraction of sp³-hybridized carbons (Fsp3) is 0. The third-order valence-corrected chi connectivity index (χ3v) is 1.72. The summed E-state index contributed by atoms with van der Waals surface area (Å²) in [6.07, 6.45) is 0. The number of hydrogen-bond donors (Lipinski definition) is 1. The van der Waals surface area contributed by atoms with Crippen molar-refractivity contribution < 1.29 is 8.76 Å². The Morgan fingerprint density at radius 3 is 2.11 bits per heavy atom. The average Bonchev–Trinajstić information content (AvgIpc) is 1.90. The van der Waals surface area contributed by atoms with Crippen LogP contribution in [0.1, 0.15) is 0 Å². The first-order valence-corrected chi connectivity index (χ1v) is 3.73. The van der Waals surface area contributed by atoms with E-state index in [1.165, 1.54) is 0 Å². The number of benzene rings is 1. The van der Waals surface area contributed by atoms with Crippen LogP contribution in [0.3, 0.4) is 0 Å². The number of hydrogen-bond acceptors (Lipinski definition) is 1. The zero-order valence-corrected chi connectivity index (χ0v) is 5.58. The Bertz CT molecular complexity index is 208. The molecule has 2 nitrogen and oxygen atoms in total. The van der Waals surface area contributed by atoms with Gasteiger partial charge in [-0.1, -0.05) is 22.4 Å². The third kappa shape index (κ3) is 1.62. The summed E-state index contributed by atoms with van der Waals surface area (Å²) in [4.78, 5) is 0.479. The van der Waals surface area contributed by atoms with E-state index in [2.05, 4.69) is 0 Å². The predicted molar refractivity (Wildman–Crippen MR) is 36.8 cm³/mol. The van der Waals surface area contributed by atoms with Gasteiger partial charge >= 0.3 is 0 Å². The van der Waals surface area contributed by atoms with Gasteiger partial charge in [-0.3, -0.25) is 0 Å². The highest BCUT2D eigenvalue weighted by molar-refractivity contribution is 7.79. The Morgan fingerprint density at radius 2 is 1.78 bits per heavy atom. The van der Waals surface area contributed by atoms with E-state index in [-0.39, 0.29) is 0 Å². The van der Waals surface area contributed by atoms with Crippen LogP contribution in [0, 0.1) is 0 Å². The fourth-order valence-corrected chi connectivity index (χ4v) is 0.983. The predicted octanol–water partition coefficient (Wildman–Crippen LogP) is 1.21. The molecule has 0 spiro atoms. The lowest BCUT2D eigenvalue weighted by molar-refractivity contribution is 0.519. The van der Waals surface area contributed by atoms with Gasteiger partial charge in [-0.15, -0.1) is 0 Å². The van der Waals surface area contributed by atoms with Gasteiger partial charge in [0.2, 0.25) is 11.1 Å². The van der Waals surface area contributed by atoms with E-state index in [9.17, 15) is 4.21 Å². The molecule has 1 atom stereocenters. The first-order chi connectivity index (χ1) is 4.30. The Morgan fingerprint density at radius 1 is 1.22 bits per heavy atom. The van der Waals surface area contributed by atoms with Crippen LogP contribution in [-0.4, -0.2) is 4.55 Å². The Hall–Kier alpha value is -0.670. The van der Waals surface area contributed by atoms with Gasteiger partial charge in [0.25, 0.3) is 0 Å². The van der Waals surface area contributed by atoms with Gasteiger partial charge < -0.3 is 0 Å². The second-order valence-corrected chi connectivity index (χ2v) is 2.67. The molecule has 1 aromatic carbocycles. The zero-order chi connectivity index (χ0) is 6.69. The largest absolute Gasteiger partial charge is 0.235 e. The van der Waals surface area contributed by atoms with Crippen LogP contribution < -0.4 is 0 Å². The molecule has 0 bridgehead atoms. The maximum atomic E-state index is 10.3. The molecule has 0 heterocycles. The second kappa shape index (κ2) is 2.75. The molecule has 9 heavy (non-hydrogen) atoms. The number of thiol groups is 1. The van der Waals surface area contributed by atoms with Crippen molar-refractivity contribution >= 4 is 11.1 Å². The van der Waals surface area contributed by atoms with Crippen LogP contribution in [0.15, 0.2) is 35.2 Å². The molecule has 1 aromatic rings. The van der Waals surface area contributed by atoms with Gasteiger partial charge in [0.1, 0.15) is 0 Å². The normalized spacial score (nSPS) is 13.0. The minimum atomic E-state index is -2.15. The summed E-state index contributed by atoms with van der Waals surface area (Å²) in [6.45, 7) is 0. The minimum absolute atomic E-state index is 0.479. The van der Waals surface area contributed by atoms with Crippen LogP contribution in [-0.2, 0) is 15.3 Å². The number of rotatable bonds is 1. The van der Waals surface area contributed by atoms with Gasteiger partial charge in [-0.25, -0.2) is 0 Å². The summed E-state index contributed by atoms with van der Waals surface area (Å²) in [5.41, 5.74) is 0. The van der Waals surface area contributed by atoms with Crippen LogP contribution in [0.5, 0.6) is 0 Å². The van der Waals surface area contributed by atoms with E-state index < -0.39 is 11.1 Å². The molecule has 0 fully saturated rings. The SMILES string of the molecule is O=[SH+](O)c1ccccc1. The van der Waals surface area contributed by atoms with Crippen molar-refractivity contribution in [3.8, 4) is 0 Å². The van der Waals surface area contributed by atoms with Gasteiger partial charge in [0, 0.05) is 0 Å². The second-order valence-electron chi connectivity index (χ2n) is 1.61. The van der Waals surface area contributed by atoms with E-state index in [1.807, 2.05) is 6.07 Å². The van der Waals surface area contributed by atoms with E-state index in [4.69, 9.17) is 4.55 Å². The molecular weight excluding hydrogens is 136 g/mol. The maximum absolute atomic E-state index is 10.3. The quantitative estimate of drug-likeness (QED) is 0.474. The molecule has 0 saturated heterocycles. The topological polar surface area (TPSA) is 37.3 Å². The zero-order valence-electron chi connectivity index (χ0n) is 4.69. The smallest absolute Gasteiger partial charge is 0.184 e. The Kier molecular flexibility index (Phi) is 1.97. The van der Waals surface area contributed by atoms with E-state index in [0.29, 0.717) is 4.90 Å². The summed E-state index contributed by atoms with van der Waals surface area (Å²) in [5, 5.41) is 0. The molecule has 48 valence electrons.